The molecular formula is C16H16BrFN2O. The van der Waals surface area contributed by atoms with Gasteiger partial charge in [0.05, 0.1) is 11.4 Å². The summed E-state index contributed by atoms with van der Waals surface area (Å²) in [5.41, 5.74) is 1.84. The Morgan fingerprint density at radius 1 is 1.24 bits per heavy atom. The van der Waals surface area contributed by atoms with E-state index >= 15 is 0 Å². The van der Waals surface area contributed by atoms with E-state index in [0.29, 0.717) is 22.9 Å². The van der Waals surface area contributed by atoms with E-state index in [9.17, 15) is 4.39 Å². The van der Waals surface area contributed by atoms with Crippen LogP contribution in [0.1, 0.15) is 24.2 Å². The summed E-state index contributed by atoms with van der Waals surface area (Å²) in [4.78, 5) is 4.54. The first-order valence-corrected chi connectivity index (χ1v) is 7.75. The second kappa shape index (κ2) is 6.54. The Hall–Kier alpha value is -1.46. The van der Waals surface area contributed by atoms with Crippen LogP contribution in [-0.4, -0.2) is 11.0 Å². The van der Waals surface area contributed by atoms with Crippen molar-refractivity contribution in [1.82, 2.24) is 10.3 Å². The number of nitrogens with zero attached hydrogens (tertiary/aromatic N) is 1. The van der Waals surface area contributed by atoms with Gasteiger partial charge in [-0.05, 0) is 37.1 Å². The minimum absolute atomic E-state index is 0.324. The van der Waals surface area contributed by atoms with Crippen LogP contribution in [0.15, 0.2) is 40.9 Å². The minimum atomic E-state index is -0.324. The van der Waals surface area contributed by atoms with Crippen LogP contribution in [0.4, 0.5) is 4.39 Å². The first-order valence-electron chi connectivity index (χ1n) is 6.96. The van der Waals surface area contributed by atoms with Crippen LogP contribution in [0, 0.1) is 5.82 Å². The molecule has 0 saturated heterocycles. The van der Waals surface area contributed by atoms with E-state index in [1.165, 1.54) is 25.0 Å². The topological polar surface area (TPSA) is 34.1 Å². The van der Waals surface area contributed by atoms with Crippen LogP contribution in [-0.2, 0) is 13.2 Å². The fraction of sp³-hybridized carbons (Fsp3) is 0.312. The molecule has 1 aliphatic rings. The number of benzene rings is 1. The molecule has 110 valence electrons. The number of aromatic nitrogens is 1. The van der Waals surface area contributed by atoms with Gasteiger partial charge in [-0.2, -0.15) is 0 Å². The highest BCUT2D eigenvalue weighted by Crippen LogP contribution is 2.21. The lowest BCUT2D eigenvalue weighted by atomic mass is 10.3. The molecule has 5 heteroatoms. The third kappa shape index (κ3) is 4.51. The zero-order valence-corrected chi connectivity index (χ0v) is 13.1. The second-order valence-corrected chi connectivity index (χ2v) is 6.08. The van der Waals surface area contributed by atoms with E-state index in [4.69, 9.17) is 4.74 Å². The first kappa shape index (κ1) is 14.5. The summed E-state index contributed by atoms with van der Waals surface area (Å²) < 4.78 is 19.5. The molecule has 0 amide bonds. The van der Waals surface area contributed by atoms with E-state index in [1.54, 1.807) is 6.07 Å². The maximum atomic E-state index is 13.3. The highest BCUT2D eigenvalue weighted by atomic mass is 79.9. The smallest absolute Gasteiger partial charge is 0.130 e. The summed E-state index contributed by atoms with van der Waals surface area (Å²) in [6.07, 6.45) is 2.52. The molecule has 1 aromatic heterocycles. The summed E-state index contributed by atoms with van der Waals surface area (Å²) >= 11 is 3.25. The fourth-order valence-corrected chi connectivity index (χ4v) is 2.46. The third-order valence-electron chi connectivity index (χ3n) is 3.24. The van der Waals surface area contributed by atoms with Crippen molar-refractivity contribution in [3.8, 4) is 5.75 Å². The first-order chi connectivity index (χ1) is 10.2. The van der Waals surface area contributed by atoms with Crippen molar-refractivity contribution in [2.24, 2.45) is 0 Å². The van der Waals surface area contributed by atoms with Crippen molar-refractivity contribution < 1.29 is 9.13 Å². The number of rotatable bonds is 6. The molecule has 1 saturated carbocycles. The molecule has 0 spiro atoms. The Labute approximate surface area is 131 Å². The Kier molecular flexibility index (Phi) is 4.51. The van der Waals surface area contributed by atoms with Gasteiger partial charge in [-0.3, -0.25) is 4.98 Å². The molecule has 1 aliphatic carbocycles. The molecule has 1 heterocycles. The molecule has 0 atom stereocenters. The van der Waals surface area contributed by atoms with Crippen molar-refractivity contribution in [2.75, 3.05) is 0 Å². The summed E-state index contributed by atoms with van der Waals surface area (Å²) in [5, 5.41) is 3.43. The van der Waals surface area contributed by atoms with Crippen molar-refractivity contribution >= 4 is 15.9 Å². The molecule has 1 N–H and O–H groups in total. The zero-order chi connectivity index (χ0) is 14.7. The molecule has 1 fully saturated rings. The van der Waals surface area contributed by atoms with Gasteiger partial charge in [-0.15, -0.1) is 0 Å². The normalized spacial score (nSPS) is 14.2. The molecule has 21 heavy (non-hydrogen) atoms. The standard InChI is InChI=1S/C16H16BrFN2O/c17-11-6-12(18)8-16(7-11)21-10-15-3-1-2-14(20-15)9-19-13-4-5-13/h1-3,6-8,13,19H,4-5,9-10H2. The van der Waals surface area contributed by atoms with Crippen LogP contribution in [0.3, 0.4) is 0 Å². The van der Waals surface area contributed by atoms with Gasteiger partial charge in [-0.1, -0.05) is 22.0 Å². The fourth-order valence-electron chi connectivity index (χ4n) is 2.01. The lowest BCUT2D eigenvalue weighted by molar-refractivity contribution is 0.299. The van der Waals surface area contributed by atoms with Crippen LogP contribution >= 0.6 is 15.9 Å². The summed E-state index contributed by atoms with van der Waals surface area (Å²) in [6, 6.07) is 11.0. The van der Waals surface area contributed by atoms with E-state index in [-0.39, 0.29) is 5.82 Å². The van der Waals surface area contributed by atoms with Crippen LogP contribution in [0.25, 0.3) is 0 Å². The van der Waals surface area contributed by atoms with Gasteiger partial charge in [0.15, 0.2) is 0 Å². The zero-order valence-electron chi connectivity index (χ0n) is 11.5. The summed E-state index contributed by atoms with van der Waals surface area (Å²) in [6.45, 7) is 1.11. The lowest BCUT2D eigenvalue weighted by Gasteiger charge is -2.08. The molecule has 0 bridgehead atoms. The average Bonchev–Trinajstić information content (AvgIpc) is 3.27. The SMILES string of the molecule is Fc1cc(Br)cc(OCc2cccc(CNC3CC3)n2)c1. The lowest BCUT2D eigenvalue weighted by Crippen LogP contribution is -2.16. The minimum Gasteiger partial charge on any atom is -0.487 e. The number of ether oxygens (including phenoxy) is 1. The number of pyridine rings is 1. The predicted octanol–water partition coefficient (Wildman–Crippen LogP) is 3.81. The molecule has 1 aromatic carbocycles. The van der Waals surface area contributed by atoms with Gasteiger partial charge in [0.1, 0.15) is 18.2 Å². The maximum Gasteiger partial charge on any atom is 0.130 e. The number of hydrogen-bond donors (Lipinski definition) is 1. The van der Waals surface area contributed by atoms with Crippen molar-refractivity contribution in [3.05, 3.63) is 58.1 Å². The van der Waals surface area contributed by atoms with E-state index in [2.05, 4.69) is 26.2 Å². The second-order valence-electron chi connectivity index (χ2n) is 5.17. The van der Waals surface area contributed by atoms with E-state index in [1.807, 2.05) is 18.2 Å². The monoisotopic (exact) mass is 350 g/mol. The van der Waals surface area contributed by atoms with Gasteiger partial charge in [-0.25, -0.2) is 4.39 Å². The Balaban J connectivity index is 1.59. The van der Waals surface area contributed by atoms with Gasteiger partial charge in [0.25, 0.3) is 0 Å². The molecule has 3 rings (SSSR count). The summed E-state index contributed by atoms with van der Waals surface area (Å²) in [5.74, 6) is 0.167. The largest absolute Gasteiger partial charge is 0.487 e. The molecule has 3 nitrogen and oxygen atoms in total. The number of hydrogen-bond acceptors (Lipinski definition) is 3. The maximum absolute atomic E-state index is 13.3. The highest BCUT2D eigenvalue weighted by molar-refractivity contribution is 9.10. The molecule has 2 aromatic rings. The Morgan fingerprint density at radius 2 is 2.05 bits per heavy atom. The average molecular weight is 351 g/mol. The van der Waals surface area contributed by atoms with Crippen molar-refractivity contribution in [2.45, 2.75) is 32.0 Å². The summed E-state index contributed by atoms with van der Waals surface area (Å²) in [7, 11) is 0. The molecule has 0 radical (unpaired) electrons. The Bertz CT molecular complexity index is 611. The third-order valence-corrected chi connectivity index (χ3v) is 3.69. The number of halogens is 2. The van der Waals surface area contributed by atoms with Crippen LogP contribution < -0.4 is 10.1 Å². The molecule has 0 aliphatic heterocycles. The highest BCUT2D eigenvalue weighted by Gasteiger charge is 2.20. The van der Waals surface area contributed by atoms with Gasteiger partial charge < -0.3 is 10.1 Å². The van der Waals surface area contributed by atoms with Gasteiger partial charge >= 0.3 is 0 Å². The number of nitrogens with one attached hydrogen (secondary N) is 1. The molecule has 0 unspecified atom stereocenters. The van der Waals surface area contributed by atoms with E-state index < -0.39 is 0 Å². The van der Waals surface area contributed by atoms with Gasteiger partial charge in [0.2, 0.25) is 0 Å². The van der Waals surface area contributed by atoms with Crippen molar-refractivity contribution in [1.29, 1.82) is 0 Å². The predicted molar refractivity (Wildman–Crippen MR) is 82.5 cm³/mol. The van der Waals surface area contributed by atoms with E-state index in [0.717, 1.165) is 17.9 Å². The Morgan fingerprint density at radius 3 is 2.81 bits per heavy atom. The molecular weight excluding hydrogens is 335 g/mol. The van der Waals surface area contributed by atoms with Gasteiger partial charge in [0, 0.05) is 23.1 Å². The van der Waals surface area contributed by atoms with Crippen molar-refractivity contribution in [3.63, 3.8) is 0 Å². The van der Waals surface area contributed by atoms with Crippen LogP contribution in [0.5, 0.6) is 5.75 Å². The van der Waals surface area contributed by atoms with Crippen LogP contribution in [0.2, 0.25) is 0 Å². The quantitative estimate of drug-likeness (QED) is 0.859.